The van der Waals surface area contributed by atoms with Crippen molar-refractivity contribution in [1.82, 2.24) is 0 Å². The van der Waals surface area contributed by atoms with Gasteiger partial charge in [0, 0.05) is 12.1 Å². The maximum Gasteiger partial charge on any atom is 0.389 e. The number of benzene rings is 1. The minimum absolute atomic E-state index is 0.0963. The van der Waals surface area contributed by atoms with Crippen LogP contribution in [0.4, 0.5) is 18.9 Å². The molecular formula is C16H21F3N2O. The normalized spacial score (nSPS) is 18.0. The topological polar surface area (TPSA) is 55.1 Å². The van der Waals surface area contributed by atoms with Crippen molar-refractivity contribution in [3.63, 3.8) is 0 Å². The van der Waals surface area contributed by atoms with Crippen molar-refractivity contribution in [3.05, 3.63) is 29.8 Å². The van der Waals surface area contributed by atoms with E-state index in [0.717, 1.165) is 19.3 Å². The Hall–Kier alpha value is -1.56. The summed E-state index contributed by atoms with van der Waals surface area (Å²) in [6, 6.07) is 6.52. The number of carbonyl (C=O) groups excluding carboxylic acids is 1. The van der Waals surface area contributed by atoms with E-state index in [-0.39, 0.29) is 12.3 Å². The van der Waals surface area contributed by atoms with Gasteiger partial charge in [-0.1, -0.05) is 31.4 Å². The smallest absolute Gasteiger partial charge is 0.324 e. The van der Waals surface area contributed by atoms with Gasteiger partial charge >= 0.3 is 6.18 Å². The molecule has 22 heavy (non-hydrogen) atoms. The van der Waals surface area contributed by atoms with Crippen molar-refractivity contribution in [1.29, 1.82) is 0 Å². The number of nitrogens with one attached hydrogen (secondary N) is 1. The van der Waals surface area contributed by atoms with Crippen LogP contribution in [0.1, 0.15) is 44.1 Å². The Balaban J connectivity index is 1.99. The molecule has 1 aromatic carbocycles. The molecule has 122 valence electrons. The molecule has 0 bridgehead atoms. The molecule has 1 saturated carbocycles. The summed E-state index contributed by atoms with van der Waals surface area (Å²) in [6.07, 6.45) is -0.918. The molecule has 0 spiro atoms. The molecule has 1 aliphatic carbocycles. The van der Waals surface area contributed by atoms with E-state index >= 15 is 0 Å². The number of aryl methyl sites for hydroxylation is 1. The van der Waals surface area contributed by atoms with Crippen molar-refractivity contribution in [2.75, 3.05) is 5.32 Å². The van der Waals surface area contributed by atoms with E-state index < -0.39 is 18.1 Å². The van der Waals surface area contributed by atoms with E-state index in [4.69, 9.17) is 5.73 Å². The number of amides is 1. The van der Waals surface area contributed by atoms with Crippen LogP contribution in [0.5, 0.6) is 0 Å². The van der Waals surface area contributed by atoms with Gasteiger partial charge in [-0.15, -0.1) is 0 Å². The number of hydrogen-bond acceptors (Lipinski definition) is 2. The quantitative estimate of drug-likeness (QED) is 0.888. The Bertz CT molecular complexity index is 522. The molecule has 1 fully saturated rings. The molecular weight excluding hydrogens is 293 g/mol. The summed E-state index contributed by atoms with van der Waals surface area (Å²) in [7, 11) is 0. The third kappa shape index (κ3) is 4.73. The predicted molar refractivity (Wildman–Crippen MR) is 79.5 cm³/mol. The van der Waals surface area contributed by atoms with Crippen LogP contribution in [0, 0.1) is 0 Å². The van der Waals surface area contributed by atoms with Gasteiger partial charge in [0.2, 0.25) is 5.91 Å². The van der Waals surface area contributed by atoms with E-state index in [1.807, 2.05) is 0 Å². The van der Waals surface area contributed by atoms with Gasteiger partial charge in [-0.25, -0.2) is 0 Å². The van der Waals surface area contributed by atoms with Crippen LogP contribution >= 0.6 is 0 Å². The summed E-state index contributed by atoms with van der Waals surface area (Å²) in [4.78, 5) is 12.3. The van der Waals surface area contributed by atoms with Crippen LogP contribution in [-0.2, 0) is 11.2 Å². The Morgan fingerprint density at radius 2 is 1.91 bits per heavy atom. The second-order valence-electron chi connectivity index (χ2n) is 5.99. The van der Waals surface area contributed by atoms with Crippen LogP contribution in [0.15, 0.2) is 24.3 Å². The van der Waals surface area contributed by atoms with Crippen molar-refractivity contribution in [3.8, 4) is 0 Å². The Morgan fingerprint density at radius 1 is 1.23 bits per heavy atom. The van der Waals surface area contributed by atoms with E-state index in [0.29, 0.717) is 24.1 Å². The average Bonchev–Trinajstić information content (AvgIpc) is 2.46. The van der Waals surface area contributed by atoms with Crippen molar-refractivity contribution in [2.45, 2.75) is 56.7 Å². The minimum Gasteiger partial charge on any atom is -0.324 e. The fourth-order valence-corrected chi connectivity index (χ4v) is 2.76. The van der Waals surface area contributed by atoms with E-state index in [2.05, 4.69) is 5.32 Å². The Labute approximate surface area is 128 Å². The van der Waals surface area contributed by atoms with Crippen LogP contribution in [-0.4, -0.2) is 17.6 Å². The molecule has 1 aromatic rings. The molecule has 2 rings (SSSR count). The number of halogens is 3. The van der Waals surface area contributed by atoms with Crippen molar-refractivity contribution < 1.29 is 18.0 Å². The number of rotatable bonds is 4. The molecule has 3 N–H and O–H groups in total. The first kappa shape index (κ1) is 16.8. The molecule has 0 saturated heterocycles. The molecule has 0 atom stereocenters. The summed E-state index contributed by atoms with van der Waals surface area (Å²) in [5.74, 6) is -0.250. The predicted octanol–water partition coefficient (Wildman–Crippen LogP) is 3.78. The molecule has 0 aliphatic heterocycles. The molecule has 1 amide bonds. The lowest BCUT2D eigenvalue weighted by Crippen LogP contribution is -2.52. The van der Waals surface area contributed by atoms with Crippen LogP contribution in [0.25, 0.3) is 0 Å². The third-order valence-electron chi connectivity index (χ3n) is 4.08. The third-order valence-corrected chi connectivity index (χ3v) is 4.08. The van der Waals surface area contributed by atoms with Crippen molar-refractivity contribution >= 4 is 11.6 Å². The highest BCUT2D eigenvalue weighted by atomic mass is 19.4. The first-order chi connectivity index (χ1) is 10.3. The van der Waals surface area contributed by atoms with Crippen molar-refractivity contribution in [2.24, 2.45) is 5.73 Å². The zero-order valence-corrected chi connectivity index (χ0v) is 12.4. The molecule has 6 heteroatoms. The zero-order valence-electron chi connectivity index (χ0n) is 12.4. The SMILES string of the molecule is NC1(C(=O)Nc2cccc(CCC(F)(F)F)c2)CCCCC1. The summed E-state index contributed by atoms with van der Waals surface area (Å²) >= 11 is 0. The summed E-state index contributed by atoms with van der Waals surface area (Å²) < 4.78 is 36.8. The molecule has 0 radical (unpaired) electrons. The van der Waals surface area contributed by atoms with Gasteiger partial charge in [0.05, 0.1) is 5.54 Å². The lowest BCUT2D eigenvalue weighted by Gasteiger charge is -2.31. The van der Waals surface area contributed by atoms with Gasteiger partial charge in [-0.05, 0) is 37.0 Å². The Morgan fingerprint density at radius 3 is 2.55 bits per heavy atom. The van der Waals surface area contributed by atoms with Crippen LogP contribution in [0.3, 0.4) is 0 Å². The maximum absolute atomic E-state index is 12.3. The summed E-state index contributed by atoms with van der Waals surface area (Å²) in [5, 5.41) is 2.74. The number of nitrogens with two attached hydrogens (primary N) is 1. The Kier molecular flexibility index (Phi) is 5.11. The standard InChI is InChI=1S/C16H21F3N2O/c17-16(18,19)10-7-12-5-4-6-13(11-12)21-14(22)15(20)8-2-1-3-9-15/h4-6,11H,1-3,7-10,20H2,(H,21,22). The number of anilines is 1. The highest BCUT2D eigenvalue weighted by molar-refractivity contribution is 5.98. The summed E-state index contributed by atoms with van der Waals surface area (Å²) in [6.45, 7) is 0. The zero-order chi connectivity index (χ0) is 16.2. The fourth-order valence-electron chi connectivity index (χ4n) is 2.76. The molecule has 1 aliphatic rings. The molecule has 3 nitrogen and oxygen atoms in total. The van der Waals surface area contributed by atoms with Crippen LogP contribution < -0.4 is 11.1 Å². The van der Waals surface area contributed by atoms with E-state index in [1.165, 1.54) is 0 Å². The minimum atomic E-state index is -4.18. The van der Waals surface area contributed by atoms with Crippen LogP contribution in [0.2, 0.25) is 0 Å². The maximum atomic E-state index is 12.3. The lowest BCUT2D eigenvalue weighted by atomic mass is 9.82. The highest BCUT2D eigenvalue weighted by Gasteiger charge is 2.35. The first-order valence-corrected chi connectivity index (χ1v) is 7.55. The van der Waals surface area contributed by atoms with Gasteiger partial charge in [-0.2, -0.15) is 13.2 Å². The van der Waals surface area contributed by atoms with Gasteiger partial charge in [0.1, 0.15) is 0 Å². The fraction of sp³-hybridized carbons (Fsp3) is 0.562. The number of alkyl halides is 3. The van der Waals surface area contributed by atoms with E-state index in [1.54, 1.807) is 24.3 Å². The number of carbonyl (C=O) groups is 1. The van der Waals surface area contributed by atoms with Gasteiger partial charge in [0.15, 0.2) is 0 Å². The lowest BCUT2D eigenvalue weighted by molar-refractivity contribution is -0.134. The second-order valence-corrected chi connectivity index (χ2v) is 5.99. The first-order valence-electron chi connectivity index (χ1n) is 7.55. The average molecular weight is 314 g/mol. The molecule has 0 aromatic heterocycles. The van der Waals surface area contributed by atoms with Gasteiger partial charge in [-0.3, -0.25) is 4.79 Å². The highest BCUT2D eigenvalue weighted by Crippen LogP contribution is 2.28. The summed E-state index contributed by atoms with van der Waals surface area (Å²) in [5.41, 5.74) is 6.33. The van der Waals surface area contributed by atoms with E-state index in [9.17, 15) is 18.0 Å². The van der Waals surface area contributed by atoms with Gasteiger partial charge in [0.25, 0.3) is 0 Å². The number of hydrogen-bond donors (Lipinski definition) is 2. The largest absolute Gasteiger partial charge is 0.389 e. The molecule has 0 heterocycles. The monoisotopic (exact) mass is 314 g/mol. The van der Waals surface area contributed by atoms with Gasteiger partial charge < -0.3 is 11.1 Å². The molecule has 0 unspecified atom stereocenters. The second kappa shape index (κ2) is 6.69.